The average molecular weight is 463 g/mol. The van der Waals surface area contributed by atoms with Crippen molar-refractivity contribution in [3.05, 3.63) is 58.1 Å². The van der Waals surface area contributed by atoms with Gasteiger partial charge in [-0.1, -0.05) is 29.8 Å². The maximum atomic E-state index is 10.5. The lowest BCUT2D eigenvalue weighted by Crippen LogP contribution is -2.55. The predicted molar refractivity (Wildman–Crippen MR) is 116 cm³/mol. The van der Waals surface area contributed by atoms with Gasteiger partial charge in [0.1, 0.15) is 42.7 Å². The Bertz CT molecular complexity index is 981. The number of benzene rings is 2. The molecule has 2 aromatic carbocycles. The monoisotopic (exact) mass is 462 g/mol. The molecule has 2 aliphatic heterocycles. The van der Waals surface area contributed by atoms with Gasteiger partial charge in [-0.3, -0.25) is 0 Å². The molecular weight excluding hydrogens is 436 g/mol. The van der Waals surface area contributed by atoms with E-state index in [2.05, 4.69) is 0 Å². The third kappa shape index (κ3) is 3.98. The third-order valence-electron chi connectivity index (χ3n) is 6.64. The summed E-state index contributed by atoms with van der Waals surface area (Å²) in [6, 6.07) is 11.1. The molecule has 2 fully saturated rings. The minimum Gasteiger partial charge on any atom is -0.483 e. The van der Waals surface area contributed by atoms with E-state index in [1.165, 1.54) is 0 Å². The van der Waals surface area contributed by atoms with E-state index in [1.807, 2.05) is 24.3 Å². The molecule has 8 heteroatoms. The Balaban J connectivity index is 1.38. The van der Waals surface area contributed by atoms with Crippen LogP contribution in [0, 0.1) is 0 Å². The molecule has 0 aromatic heterocycles. The summed E-state index contributed by atoms with van der Waals surface area (Å²) >= 11 is 6.46. The molecule has 7 atom stereocenters. The number of hydrogen-bond donors (Lipinski definition) is 4. The molecule has 2 aromatic rings. The van der Waals surface area contributed by atoms with E-state index in [4.69, 9.17) is 25.8 Å². The Morgan fingerprint density at radius 1 is 0.875 bits per heavy atom. The van der Waals surface area contributed by atoms with Crippen LogP contribution < -0.4 is 9.47 Å². The van der Waals surface area contributed by atoms with Crippen molar-refractivity contribution in [3.63, 3.8) is 0 Å². The fraction of sp³-hybridized carbons (Fsp3) is 0.500. The second kappa shape index (κ2) is 8.82. The van der Waals surface area contributed by atoms with Crippen molar-refractivity contribution in [2.75, 3.05) is 6.61 Å². The van der Waals surface area contributed by atoms with E-state index in [0.717, 1.165) is 41.9 Å². The highest BCUT2D eigenvalue weighted by atomic mass is 35.5. The normalized spacial score (nSPS) is 33.7. The first-order chi connectivity index (χ1) is 15.4. The van der Waals surface area contributed by atoms with Crippen LogP contribution in [0.1, 0.15) is 42.1 Å². The van der Waals surface area contributed by atoms with Crippen molar-refractivity contribution in [1.82, 2.24) is 0 Å². The van der Waals surface area contributed by atoms with Gasteiger partial charge >= 0.3 is 0 Å². The van der Waals surface area contributed by atoms with Crippen LogP contribution in [0.25, 0.3) is 0 Å². The van der Waals surface area contributed by atoms with Crippen molar-refractivity contribution in [3.8, 4) is 11.5 Å². The van der Waals surface area contributed by atoms with Gasteiger partial charge in [0.15, 0.2) is 11.5 Å². The lowest BCUT2D eigenvalue weighted by atomic mass is 9.90. The number of aliphatic hydroxyl groups is 4. The number of fused-ring (bicyclic) bond motifs is 2. The summed E-state index contributed by atoms with van der Waals surface area (Å²) in [5.74, 6) is 1.50. The molecule has 1 saturated carbocycles. The van der Waals surface area contributed by atoms with Crippen LogP contribution in [0.15, 0.2) is 36.4 Å². The molecule has 2 heterocycles. The Morgan fingerprint density at radius 2 is 1.62 bits per heavy atom. The van der Waals surface area contributed by atoms with E-state index < -0.39 is 37.1 Å². The molecular formula is C24H27ClO7. The first-order valence-electron chi connectivity index (χ1n) is 11.0. The Kier molecular flexibility index (Phi) is 6.05. The number of rotatable bonds is 4. The minimum absolute atomic E-state index is 0.107. The van der Waals surface area contributed by atoms with E-state index >= 15 is 0 Å². The van der Waals surface area contributed by atoms with Gasteiger partial charge in [0.25, 0.3) is 0 Å². The van der Waals surface area contributed by atoms with Crippen molar-refractivity contribution in [2.45, 2.75) is 68.4 Å². The highest BCUT2D eigenvalue weighted by Crippen LogP contribution is 2.40. The fourth-order valence-electron chi connectivity index (χ4n) is 4.84. The largest absolute Gasteiger partial charge is 0.483 e. The van der Waals surface area contributed by atoms with Crippen LogP contribution in [0.5, 0.6) is 11.5 Å². The van der Waals surface area contributed by atoms with E-state index in [-0.39, 0.29) is 12.2 Å². The zero-order chi connectivity index (χ0) is 22.4. The average Bonchev–Trinajstić information content (AvgIpc) is 3.25. The lowest BCUT2D eigenvalue weighted by molar-refractivity contribution is -0.231. The van der Waals surface area contributed by atoms with Gasteiger partial charge in [-0.2, -0.15) is 0 Å². The molecule has 1 aliphatic carbocycles. The summed E-state index contributed by atoms with van der Waals surface area (Å²) < 4.78 is 17.9. The SMILES string of the molecule is OC[C@H]1O[C@@H](c2ccc(Cl)c(Cc3ccc4c(c3)OC3CCCC3O4)c2)[C@H](O)[C@@H](O)[C@@H]1O. The quantitative estimate of drug-likeness (QED) is 0.551. The van der Waals surface area contributed by atoms with Gasteiger partial charge < -0.3 is 34.6 Å². The van der Waals surface area contributed by atoms with E-state index in [9.17, 15) is 20.4 Å². The molecule has 2 unspecified atom stereocenters. The maximum Gasteiger partial charge on any atom is 0.162 e. The van der Waals surface area contributed by atoms with Gasteiger partial charge in [-0.05, 0) is 60.6 Å². The topological polar surface area (TPSA) is 109 Å². The Labute approximate surface area is 191 Å². The maximum absolute atomic E-state index is 10.5. The molecule has 0 radical (unpaired) electrons. The van der Waals surface area contributed by atoms with Crippen LogP contribution in [0.2, 0.25) is 5.02 Å². The number of ether oxygens (including phenoxy) is 3. The summed E-state index contributed by atoms with van der Waals surface area (Å²) in [6.07, 6.45) is -2.13. The molecule has 0 spiro atoms. The minimum atomic E-state index is -1.43. The zero-order valence-corrected chi connectivity index (χ0v) is 18.2. The molecule has 0 amide bonds. The number of aliphatic hydroxyl groups excluding tert-OH is 4. The second-order valence-corrected chi connectivity index (χ2v) is 9.21. The van der Waals surface area contributed by atoms with Gasteiger partial charge in [0, 0.05) is 5.02 Å². The van der Waals surface area contributed by atoms with Crippen molar-refractivity contribution in [1.29, 1.82) is 0 Å². The van der Waals surface area contributed by atoms with Gasteiger partial charge in [0.2, 0.25) is 0 Å². The Morgan fingerprint density at radius 3 is 2.38 bits per heavy atom. The molecule has 32 heavy (non-hydrogen) atoms. The molecule has 5 rings (SSSR count). The van der Waals surface area contributed by atoms with Gasteiger partial charge in [-0.25, -0.2) is 0 Å². The molecule has 4 N–H and O–H groups in total. The summed E-state index contributed by atoms with van der Waals surface area (Å²) in [4.78, 5) is 0. The lowest BCUT2D eigenvalue weighted by Gasteiger charge is -2.40. The van der Waals surface area contributed by atoms with Crippen LogP contribution >= 0.6 is 11.6 Å². The number of halogens is 1. The highest BCUT2D eigenvalue weighted by Gasteiger charge is 2.44. The number of hydrogen-bond acceptors (Lipinski definition) is 7. The standard InChI is InChI=1S/C24H27ClO7/c25-15-6-5-13(24-23(29)22(28)21(27)20(11-26)32-24)10-14(15)8-12-4-7-18-19(9-12)31-17-3-1-2-16(17)30-18/h4-7,9-10,16-17,20-24,26-29H,1-3,8,11H2/t16?,17?,20-,21-,22+,23-,24+/m1/s1. The van der Waals surface area contributed by atoms with Crippen LogP contribution in [-0.2, 0) is 11.2 Å². The summed E-state index contributed by atoms with van der Waals surface area (Å²) in [5, 5.41) is 40.6. The molecule has 0 bridgehead atoms. The third-order valence-corrected chi connectivity index (χ3v) is 7.01. The highest BCUT2D eigenvalue weighted by molar-refractivity contribution is 6.31. The van der Waals surface area contributed by atoms with E-state index in [1.54, 1.807) is 12.1 Å². The van der Waals surface area contributed by atoms with Crippen molar-refractivity contribution >= 4 is 11.6 Å². The van der Waals surface area contributed by atoms with Crippen molar-refractivity contribution in [2.24, 2.45) is 0 Å². The fourth-order valence-corrected chi connectivity index (χ4v) is 5.03. The van der Waals surface area contributed by atoms with Crippen LogP contribution in [0.4, 0.5) is 0 Å². The van der Waals surface area contributed by atoms with Gasteiger partial charge in [0.05, 0.1) is 6.61 Å². The summed E-state index contributed by atoms with van der Waals surface area (Å²) in [6.45, 7) is -0.471. The summed E-state index contributed by atoms with van der Waals surface area (Å²) in [5.41, 5.74) is 2.42. The van der Waals surface area contributed by atoms with Crippen LogP contribution in [0.3, 0.4) is 0 Å². The molecule has 7 nitrogen and oxygen atoms in total. The molecule has 3 aliphatic rings. The van der Waals surface area contributed by atoms with Gasteiger partial charge in [-0.15, -0.1) is 0 Å². The zero-order valence-electron chi connectivity index (χ0n) is 17.4. The molecule has 172 valence electrons. The first-order valence-corrected chi connectivity index (χ1v) is 11.4. The predicted octanol–water partition coefficient (Wildman–Crippen LogP) is 2.14. The Hall–Kier alpha value is -1.87. The molecule has 1 saturated heterocycles. The second-order valence-electron chi connectivity index (χ2n) is 8.80. The first kappa shape index (κ1) is 21.9. The van der Waals surface area contributed by atoms with Crippen LogP contribution in [-0.4, -0.2) is 63.7 Å². The van der Waals surface area contributed by atoms with E-state index in [0.29, 0.717) is 17.0 Å². The summed E-state index contributed by atoms with van der Waals surface area (Å²) in [7, 11) is 0. The smallest absolute Gasteiger partial charge is 0.162 e. The van der Waals surface area contributed by atoms with Crippen molar-refractivity contribution < 1.29 is 34.6 Å².